The van der Waals surface area contributed by atoms with Crippen molar-refractivity contribution in [3.05, 3.63) is 35.9 Å². The van der Waals surface area contributed by atoms with E-state index in [9.17, 15) is 22.8 Å². The van der Waals surface area contributed by atoms with Gasteiger partial charge >= 0.3 is 6.18 Å². The van der Waals surface area contributed by atoms with E-state index in [4.69, 9.17) is 0 Å². The number of rotatable bonds is 6. The number of hydrogen-bond donors (Lipinski definition) is 0. The molecule has 1 aromatic carbocycles. The summed E-state index contributed by atoms with van der Waals surface area (Å²) in [4.78, 5) is 30.1. The zero-order valence-corrected chi connectivity index (χ0v) is 18.5. The molecular formula is C25H33F3N2O2. The maximum Gasteiger partial charge on any atom is 0.395 e. The van der Waals surface area contributed by atoms with Crippen LogP contribution in [0.25, 0.3) is 0 Å². The third kappa shape index (κ3) is 4.96. The van der Waals surface area contributed by atoms with E-state index >= 15 is 0 Å². The number of nitrogens with zero attached hydrogens (tertiary/aromatic N) is 2. The number of alkyl halides is 3. The predicted octanol–water partition coefficient (Wildman–Crippen LogP) is 5.28. The third-order valence-electron chi connectivity index (χ3n) is 7.56. The predicted molar refractivity (Wildman–Crippen MR) is 116 cm³/mol. The van der Waals surface area contributed by atoms with Crippen molar-refractivity contribution < 1.29 is 22.8 Å². The fourth-order valence-corrected chi connectivity index (χ4v) is 5.98. The highest BCUT2D eigenvalue weighted by Gasteiger charge is 2.48. The quantitative estimate of drug-likeness (QED) is 0.591. The molecule has 1 saturated carbocycles. The molecule has 2 amide bonds. The van der Waals surface area contributed by atoms with Crippen LogP contribution in [-0.2, 0) is 9.59 Å². The molecule has 3 aliphatic rings. The van der Waals surface area contributed by atoms with Crippen molar-refractivity contribution >= 4 is 11.8 Å². The fraction of sp³-hybridized carbons (Fsp3) is 0.680. The molecule has 4 atom stereocenters. The van der Waals surface area contributed by atoms with Gasteiger partial charge in [0.1, 0.15) is 6.04 Å². The van der Waals surface area contributed by atoms with Gasteiger partial charge in [-0.1, -0.05) is 43.2 Å². The Morgan fingerprint density at radius 3 is 2.38 bits per heavy atom. The molecule has 7 heteroatoms. The minimum atomic E-state index is -4.35. The Labute approximate surface area is 188 Å². The van der Waals surface area contributed by atoms with Crippen LogP contribution in [0, 0.1) is 5.92 Å². The second-order valence-corrected chi connectivity index (χ2v) is 9.59. The first-order valence-corrected chi connectivity index (χ1v) is 12.1. The normalized spacial score (nSPS) is 26.8. The summed E-state index contributed by atoms with van der Waals surface area (Å²) in [6.45, 7) is 1.49. The molecule has 0 aromatic heterocycles. The maximum absolute atomic E-state index is 13.6. The van der Waals surface area contributed by atoms with Gasteiger partial charge in [0, 0.05) is 25.6 Å². The zero-order chi connectivity index (χ0) is 22.7. The highest BCUT2D eigenvalue weighted by molar-refractivity contribution is 5.89. The summed E-state index contributed by atoms with van der Waals surface area (Å²) in [5.41, 5.74) is 0.239. The van der Waals surface area contributed by atoms with Gasteiger partial charge in [0.15, 0.2) is 0 Å². The number of carbonyl (C=O) groups excluding carboxylic acids is 2. The van der Waals surface area contributed by atoms with Crippen LogP contribution in [-0.4, -0.2) is 53.0 Å². The van der Waals surface area contributed by atoms with Crippen molar-refractivity contribution in [3.63, 3.8) is 0 Å². The van der Waals surface area contributed by atoms with Gasteiger partial charge in [0.25, 0.3) is 0 Å². The third-order valence-corrected chi connectivity index (χ3v) is 7.56. The maximum atomic E-state index is 13.6. The van der Waals surface area contributed by atoms with Crippen LogP contribution in [0.3, 0.4) is 0 Å². The summed E-state index contributed by atoms with van der Waals surface area (Å²) in [6.07, 6.45) is 2.56. The van der Waals surface area contributed by atoms with Crippen LogP contribution in [0.5, 0.6) is 0 Å². The van der Waals surface area contributed by atoms with Crippen LogP contribution in [0.15, 0.2) is 30.3 Å². The van der Waals surface area contributed by atoms with E-state index in [1.807, 2.05) is 4.90 Å². The lowest BCUT2D eigenvalue weighted by Gasteiger charge is -2.35. The molecule has 4 rings (SSSR count). The number of likely N-dealkylation sites (tertiary alicyclic amines) is 2. The summed E-state index contributed by atoms with van der Waals surface area (Å²) in [5, 5.41) is 0. The first-order valence-electron chi connectivity index (χ1n) is 12.1. The van der Waals surface area contributed by atoms with E-state index in [1.165, 1.54) is 12.1 Å². The van der Waals surface area contributed by atoms with Crippen LogP contribution >= 0.6 is 0 Å². The standard InChI is InChI=1S/C25H33F3N2O2/c26-25(27,28)20(18-9-2-1-3-10-18)12-8-14-23(31)30-21-13-5-4-11-19(21)17-22(30)24(32)29-15-6-7-16-29/h1-3,9-10,19-22H,4-8,11-17H2/t19-,20?,21-,22-/m0/s1. The lowest BCUT2D eigenvalue weighted by atomic mass is 9.84. The Kier molecular flexibility index (Phi) is 7.11. The van der Waals surface area contributed by atoms with Gasteiger partial charge < -0.3 is 9.80 Å². The van der Waals surface area contributed by atoms with Crippen molar-refractivity contribution in [2.75, 3.05) is 13.1 Å². The molecule has 1 aromatic rings. The van der Waals surface area contributed by atoms with Gasteiger partial charge in [-0.15, -0.1) is 0 Å². The fourth-order valence-electron chi connectivity index (χ4n) is 5.98. The SMILES string of the molecule is O=C([C@@H]1C[C@@H]2CCCC[C@@H]2N1C(=O)CCCC(c1ccccc1)C(F)(F)F)N1CCCC1. The Hall–Kier alpha value is -2.05. The molecule has 2 heterocycles. The average Bonchev–Trinajstić information content (AvgIpc) is 3.44. The van der Waals surface area contributed by atoms with Crippen LogP contribution in [0.2, 0.25) is 0 Å². The summed E-state index contributed by atoms with van der Waals surface area (Å²) >= 11 is 0. The second kappa shape index (κ2) is 9.84. The molecule has 32 heavy (non-hydrogen) atoms. The highest BCUT2D eigenvalue weighted by Crippen LogP contribution is 2.42. The van der Waals surface area contributed by atoms with Crippen molar-refractivity contribution in [2.24, 2.45) is 5.92 Å². The largest absolute Gasteiger partial charge is 0.395 e. The van der Waals surface area contributed by atoms with Gasteiger partial charge in [-0.2, -0.15) is 13.2 Å². The monoisotopic (exact) mass is 450 g/mol. The van der Waals surface area contributed by atoms with E-state index in [2.05, 4.69) is 0 Å². The van der Waals surface area contributed by atoms with E-state index < -0.39 is 18.1 Å². The minimum Gasteiger partial charge on any atom is -0.341 e. The zero-order valence-electron chi connectivity index (χ0n) is 18.5. The van der Waals surface area contributed by atoms with Crippen LogP contribution < -0.4 is 0 Å². The molecule has 0 N–H and O–H groups in total. The summed E-state index contributed by atoms with van der Waals surface area (Å²) in [6, 6.07) is 7.56. The smallest absolute Gasteiger partial charge is 0.341 e. The average molecular weight is 451 g/mol. The Balaban J connectivity index is 1.43. The molecule has 176 valence electrons. The molecule has 1 unspecified atom stereocenters. The molecule has 2 aliphatic heterocycles. The molecule has 0 radical (unpaired) electrons. The van der Waals surface area contributed by atoms with E-state index in [0.29, 0.717) is 12.3 Å². The van der Waals surface area contributed by atoms with E-state index in [1.54, 1.807) is 23.1 Å². The topological polar surface area (TPSA) is 40.6 Å². The second-order valence-electron chi connectivity index (χ2n) is 9.59. The first-order chi connectivity index (χ1) is 15.4. The molecule has 2 saturated heterocycles. The van der Waals surface area contributed by atoms with Gasteiger partial charge in [-0.25, -0.2) is 0 Å². The molecule has 0 spiro atoms. The van der Waals surface area contributed by atoms with Crippen molar-refractivity contribution in [1.82, 2.24) is 9.80 Å². The Morgan fingerprint density at radius 2 is 1.69 bits per heavy atom. The van der Waals surface area contributed by atoms with Crippen LogP contribution in [0.1, 0.15) is 75.7 Å². The lowest BCUT2D eigenvalue weighted by molar-refractivity contribution is -0.153. The first kappa shape index (κ1) is 23.1. The molecular weight excluding hydrogens is 417 g/mol. The summed E-state index contributed by atoms with van der Waals surface area (Å²) in [5.74, 6) is -1.33. The lowest BCUT2D eigenvalue weighted by Crippen LogP contribution is -2.50. The van der Waals surface area contributed by atoms with Crippen molar-refractivity contribution in [2.45, 2.75) is 88.4 Å². The molecule has 4 nitrogen and oxygen atoms in total. The van der Waals surface area contributed by atoms with Gasteiger partial charge in [0.2, 0.25) is 11.8 Å². The number of carbonyl (C=O) groups is 2. The number of benzene rings is 1. The molecule has 3 fully saturated rings. The number of amides is 2. The van der Waals surface area contributed by atoms with E-state index in [-0.39, 0.29) is 42.7 Å². The Morgan fingerprint density at radius 1 is 1.00 bits per heavy atom. The molecule has 1 aliphatic carbocycles. The summed E-state index contributed by atoms with van der Waals surface area (Å²) in [7, 11) is 0. The Bertz CT molecular complexity index is 792. The van der Waals surface area contributed by atoms with Gasteiger partial charge in [-0.3, -0.25) is 9.59 Å². The van der Waals surface area contributed by atoms with Crippen molar-refractivity contribution in [1.29, 1.82) is 0 Å². The van der Waals surface area contributed by atoms with Crippen LogP contribution in [0.4, 0.5) is 13.2 Å². The number of hydrogen-bond acceptors (Lipinski definition) is 2. The minimum absolute atomic E-state index is 0.0442. The number of halogens is 3. The van der Waals surface area contributed by atoms with E-state index in [0.717, 1.165) is 51.6 Å². The van der Waals surface area contributed by atoms with Gasteiger partial charge in [0.05, 0.1) is 5.92 Å². The highest BCUT2D eigenvalue weighted by atomic mass is 19.4. The number of fused-ring (bicyclic) bond motifs is 1. The van der Waals surface area contributed by atoms with Crippen molar-refractivity contribution in [3.8, 4) is 0 Å². The molecule has 0 bridgehead atoms. The summed E-state index contributed by atoms with van der Waals surface area (Å²) < 4.78 is 40.9. The van der Waals surface area contributed by atoms with Gasteiger partial charge in [-0.05, 0) is 56.4 Å².